The van der Waals surface area contributed by atoms with Gasteiger partial charge in [0, 0.05) is 5.02 Å². The fraction of sp³-hybridized carbons (Fsp3) is 0.240. The maximum Gasteiger partial charge on any atom is 0.153 e. The molecule has 3 aromatic carbocycles. The first-order valence-corrected chi connectivity index (χ1v) is 10.5. The van der Waals surface area contributed by atoms with E-state index in [0.717, 1.165) is 28.4 Å². The van der Waals surface area contributed by atoms with Gasteiger partial charge in [0.05, 0.1) is 17.6 Å². The monoisotopic (exact) mass is 420 g/mol. The number of hydrogen-bond donors (Lipinski definition) is 0. The average molecular weight is 421 g/mol. The van der Waals surface area contributed by atoms with Crippen LogP contribution in [0.2, 0.25) is 5.02 Å². The van der Waals surface area contributed by atoms with E-state index in [1.807, 2.05) is 49.4 Å². The Bertz CT molecular complexity index is 1130. The minimum Gasteiger partial charge on any atom is -0.492 e. The molecule has 0 aliphatic heterocycles. The molecule has 1 heterocycles. The molecule has 0 fully saturated rings. The molecule has 0 radical (unpaired) electrons. The molecule has 1 unspecified atom stereocenters. The van der Waals surface area contributed by atoms with E-state index < -0.39 is 0 Å². The summed E-state index contributed by atoms with van der Waals surface area (Å²) in [6.45, 7) is 7.40. The molecule has 5 heteroatoms. The van der Waals surface area contributed by atoms with Gasteiger partial charge in [-0.15, -0.1) is 0 Å². The fourth-order valence-corrected chi connectivity index (χ4v) is 3.81. The lowest BCUT2D eigenvalue weighted by atomic mass is 10.1. The summed E-state index contributed by atoms with van der Waals surface area (Å²) in [5.74, 6) is 2.52. The van der Waals surface area contributed by atoms with E-state index in [1.54, 1.807) is 0 Å². The van der Waals surface area contributed by atoms with Crippen LogP contribution in [0.1, 0.15) is 30.0 Å². The minimum absolute atomic E-state index is 0.222. The zero-order valence-electron chi connectivity index (χ0n) is 17.4. The quantitative estimate of drug-likeness (QED) is 0.341. The van der Waals surface area contributed by atoms with Gasteiger partial charge in [0.25, 0.3) is 0 Å². The standard InChI is InChI=1S/C25H25ClN2O2/c1-17-14-18(2)16-22(15-17)29-13-12-28-24-7-5-4-6-23(24)27-25(28)19(3)30-21-10-8-20(26)9-11-21/h4-11,14-16,19H,12-13H2,1-3H3. The molecule has 0 spiro atoms. The molecule has 0 aliphatic rings. The predicted molar refractivity (Wildman–Crippen MR) is 122 cm³/mol. The lowest BCUT2D eigenvalue weighted by Crippen LogP contribution is -2.15. The Morgan fingerprint density at radius 2 is 1.63 bits per heavy atom. The minimum atomic E-state index is -0.222. The Hall–Kier alpha value is -2.98. The summed E-state index contributed by atoms with van der Waals surface area (Å²) in [5, 5.41) is 0.686. The molecular weight excluding hydrogens is 396 g/mol. The molecular formula is C25H25ClN2O2. The third-order valence-corrected chi connectivity index (χ3v) is 5.20. The lowest BCUT2D eigenvalue weighted by Gasteiger charge is -2.17. The van der Waals surface area contributed by atoms with Gasteiger partial charge in [0.15, 0.2) is 11.9 Å². The normalized spacial score (nSPS) is 12.1. The molecule has 4 aromatic rings. The van der Waals surface area contributed by atoms with Gasteiger partial charge in [-0.3, -0.25) is 0 Å². The highest BCUT2D eigenvalue weighted by Crippen LogP contribution is 2.26. The average Bonchev–Trinajstić information content (AvgIpc) is 3.08. The molecule has 0 N–H and O–H groups in total. The zero-order valence-corrected chi connectivity index (χ0v) is 18.2. The highest BCUT2D eigenvalue weighted by Gasteiger charge is 2.18. The van der Waals surface area contributed by atoms with Gasteiger partial charge in [-0.25, -0.2) is 4.98 Å². The van der Waals surface area contributed by atoms with Gasteiger partial charge in [0.1, 0.15) is 18.1 Å². The zero-order chi connectivity index (χ0) is 21.1. The van der Waals surface area contributed by atoms with Crippen LogP contribution in [-0.4, -0.2) is 16.2 Å². The summed E-state index contributed by atoms with van der Waals surface area (Å²) in [7, 11) is 0. The topological polar surface area (TPSA) is 36.3 Å². The van der Waals surface area contributed by atoms with Crippen LogP contribution in [0.25, 0.3) is 11.0 Å². The molecule has 0 bridgehead atoms. The number of ether oxygens (including phenoxy) is 2. The summed E-state index contributed by atoms with van der Waals surface area (Å²) in [6.07, 6.45) is -0.222. The number of nitrogens with zero attached hydrogens (tertiary/aromatic N) is 2. The summed E-state index contributed by atoms with van der Waals surface area (Å²) < 4.78 is 14.4. The second-order valence-electron chi connectivity index (χ2n) is 7.50. The first-order chi connectivity index (χ1) is 14.5. The van der Waals surface area contributed by atoms with Crippen LogP contribution in [-0.2, 0) is 6.54 Å². The Morgan fingerprint density at radius 3 is 2.37 bits per heavy atom. The van der Waals surface area contributed by atoms with Gasteiger partial charge in [0.2, 0.25) is 0 Å². The summed E-state index contributed by atoms with van der Waals surface area (Å²) in [6, 6.07) is 21.8. The van der Waals surface area contributed by atoms with Crippen LogP contribution in [0, 0.1) is 13.8 Å². The molecule has 0 saturated carbocycles. The number of para-hydroxylation sites is 2. The third kappa shape index (κ3) is 4.60. The third-order valence-electron chi connectivity index (χ3n) is 4.95. The van der Waals surface area contributed by atoms with E-state index in [1.165, 1.54) is 11.1 Å². The van der Waals surface area contributed by atoms with E-state index in [9.17, 15) is 0 Å². The highest BCUT2D eigenvalue weighted by atomic mass is 35.5. The van der Waals surface area contributed by atoms with Crippen LogP contribution in [0.5, 0.6) is 11.5 Å². The maximum absolute atomic E-state index is 6.14. The van der Waals surface area contributed by atoms with Gasteiger partial charge in [-0.1, -0.05) is 29.8 Å². The largest absolute Gasteiger partial charge is 0.492 e. The van der Waals surface area contributed by atoms with Crippen molar-refractivity contribution in [1.29, 1.82) is 0 Å². The number of aromatic nitrogens is 2. The molecule has 154 valence electrons. The van der Waals surface area contributed by atoms with Crippen molar-refractivity contribution in [2.45, 2.75) is 33.4 Å². The number of halogens is 1. The van der Waals surface area contributed by atoms with E-state index in [0.29, 0.717) is 18.2 Å². The Kier molecular flexibility index (Phi) is 5.96. The van der Waals surface area contributed by atoms with E-state index >= 15 is 0 Å². The molecule has 0 amide bonds. The second-order valence-corrected chi connectivity index (χ2v) is 7.93. The number of benzene rings is 3. The van der Waals surface area contributed by atoms with Crippen molar-refractivity contribution in [2.24, 2.45) is 0 Å². The SMILES string of the molecule is Cc1cc(C)cc(OCCn2c(C(C)Oc3ccc(Cl)cc3)nc3ccccc32)c1. The first-order valence-electron chi connectivity index (χ1n) is 10.1. The molecule has 4 nitrogen and oxygen atoms in total. The second kappa shape index (κ2) is 8.80. The Labute approximate surface area is 182 Å². The molecule has 30 heavy (non-hydrogen) atoms. The number of fused-ring (bicyclic) bond motifs is 1. The summed E-state index contributed by atoms with van der Waals surface area (Å²) >= 11 is 5.99. The smallest absolute Gasteiger partial charge is 0.153 e. The molecule has 1 aromatic heterocycles. The number of aryl methyl sites for hydroxylation is 2. The summed E-state index contributed by atoms with van der Waals surface area (Å²) in [5.41, 5.74) is 4.42. The fourth-order valence-electron chi connectivity index (χ4n) is 3.68. The van der Waals surface area contributed by atoms with Crippen LogP contribution in [0.15, 0.2) is 66.7 Å². The van der Waals surface area contributed by atoms with Gasteiger partial charge in [-0.2, -0.15) is 0 Å². The summed E-state index contributed by atoms with van der Waals surface area (Å²) in [4.78, 5) is 4.84. The number of rotatable bonds is 7. The maximum atomic E-state index is 6.14. The van der Waals surface area contributed by atoms with Crippen molar-refractivity contribution in [1.82, 2.24) is 9.55 Å². The predicted octanol–water partition coefficient (Wildman–Crippen LogP) is 6.53. The Morgan fingerprint density at radius 1 is 0.933 bits per heavy atom. The van der Waals surface area contributed by atoms with Crippen LogP contribution >= 0.6 is 11.6 Å². The van der Waals surface area contributed by atoms with Crippen molar-refractivity contribution in [2.75, 3.05) is 6.61 Å². The van der Waals surface area contributed by atoms with Gasteiger partial charge >= 0.3 is 0 Å². The van der Waals surface area contributed by atoms with Gasteiger partial charge in [-0.05, 0) is 80.4 Å². The van der Waals surface area contributed by atoms with Crippen molar-refractivity contribution in [3.8, 4) is 11.5 Å². The van der Waals surface area contributed by atoms with Crippen LogP contribution < -0.4 is 9.47 Å². The first kappa shape index (κ1) is 20.3. The Balaban J connectivity index is 1.55. The van der Waals surface area contributed by atoms with Crippen LogP contribution in [0.4, 0.5) is 0 Å². The molecule has 4 rings (SSSR count). The number of hydrogen-bond acceptors (Lipinski definition) is 3. The molecule has 0 aliphatic carbocycles. The lowest BCUT2D eigenvalue weighted by molar-refractivity contribution is 0.207. The van der Waals surface area contributed by atoms with E-state index in [-0.39, 0.29) is 6.10 Å². The van der Waals surface area contributed by atoms with Gasteiger partial charge < -0.3 is 14.0 Å². The van der Waals surface area contributed by atoms with Crippen molar-refractivity contribution in [3.05, 3.63) is 88.7 Å². The van der Waals surface area contributed by atoms with E-state index in [2.05, 4.69) is 42.7 Å². The number of imidazole rings is 1. The van der Waals surface area contributed by atoms with Crippen molar-refractivity contribution >= 4 is 22.6 Å². The van der Waals surface area contributed by atoms with Crippen molar-refractivity contribution in [3.63, 3.8) is 0 Å². The van der Waals surface area contributed by atoms with Crippen LogP contribution in [0.3, 0.4) is 0 Å². The molecule has 0 saturated heterocycles. The van der Waals surface area contributed by atoms with E-state index in [4.69, 9.17) is 26.1 Å². The highest BCUT2D eigenvalue weighted by molar-refractivity contribution is 6.30. The molecule has 1 atom stereocenters. The van der Waals surface area contributed by atoms with Crippen molar-refractivity contribution < 1.29 is 9.47 Å².